The highest BCUT2D eigenvalue weighted by atomic mass is 35.5. The molecule has 0 amide bonds. The highest BCUT2D eigenvalue weighted by Gasteiger charge is 2.19. The van der Waals surface area contributed by atoms with E-state index in [1.807, 2.05) is 32.0 Å². The Morgan fingerprint density at radius 1 is 1.18 bits per heavy atom. The van der Waals surface area contributed by atoms with Gasteiger partial charge in [-0.15, -0.1) is 12.4 Å². The van der Waals surface area contributed by atoms with Crippen molar-refractivity contribution in [1.29, 1.82) is 0 Å². The van der Waals surface area contributed by atoms with Gasteiger partial charge in [0.15, 0.2) is 0 Å². The molecule has 0 unspecified atom stereocenters. The van der Waals surface area contributed by atoms with Gasteiger partial charge < -0.3 is 5.73 Å². The van der Waals surface area contributed by atoms with Crippen LogP contribution in [-0.4, -0.2) is 11.8 Å². The number of Topliss-reactive ketones (excluding diaryl/α,β-unsaturated/α-hetero) is 1. The SMILES string of the molecule is CC(C)[C@@H](N)C(=O)C[C@H](C)c1ccccc1.Cl. The van der Waals surface area contributed by atoms with E-state index in [-0.39, 0.29) is 36.1 Å². The van der Waals surface area contributed by atoms with Gasteiger partial charge in [-0.1, -0.05) is 51.1 Å². The summed E-state index contributed by atoms with van der Waals surface area (Å²) in [5, 5.41) is 0. The van der Waals surface area contributed by atoms with Gasteiger partial charge in [0.25, 0.3) is 0 Å². The van der Waals surface area contributed by atoms with Crippen LogP contribution in [0.5, 0.6) is 0 Å². The molecule has 1 aromatic carbocycles. The van der Waals surface area contributed by atoms with Crippen molar-refractivity contribution in [2.75, 3.05) is 0 Å². The van der Waals surface area contributed by atoms with Crippen molar-refractivity contribution in [2.45, 2.75) is 39.2 Å². The Labute approximate surface area is 110 Å². The number of ketones is 1. The van der Waals surface area contributed by atoms with Crippen molar-refractivity contribution >= 4 is 18.2 Å². The van der Waals surface area contributed by atoms with E-state index in [2.05, 4.69) is 19.1 Å². The Bertz CT molecular complexity index is 337. The van der Waals surface area contributed by atoms with Crippen LogP contribution in [0.1, 0.15) is 38.7 Å². The number of hydrogen-bond donors (Lipinski definition) is 1. The minimum atomic E-state index is -0.328. The van der Waals surface area contributed by atoms with Gasteiger partial charge in [0.1, 0.15) is 5.78 Å². The second-order valence-electron chi connectivity index (χ2n) is 4.75. The molecule has 0 aliphatic carbocycles. The van der Waals surface area contributed by atoms with Crippen LogP contribution in [0.3, 0.4) is 0 Å². The minimum absolute atomic E-state index is 0. The van der Waals surface area contributed by atoms with Crippen molar-refractivity contribution < 1.29 is 4.79 Å². The molecule has 2 atom stereocenters. The van der Waals surface area contributed by atoms with Crippen LogP contribution < -0.4 is 5.73 Å². The van der Waals surface area contributed by atoms with Crippen LogP contribution in [0.4, 0.5) is 0 Å². The van der Waals surface area contributed by atoms with Gasteiger partial charge in [-0.2, -0.15) is 0 Å². The summed E-state index contributed by atoms with van der Waals surface area (Å²) in [7, 11) is 0. The third-order valence-electron chi connectivity index (χ3n) is 2.97. The Hall–Kier alpha value is -0.860. The standard InChI is InChI=1S/C14H21NO.ClH/c1-10(2)14(15)13(16)9-11(3)12-7-5-4-6-8-12;/h4-8,10-11,14H,9,15H2,1-3H3;1H/t11-,14+;/m0./s1. The highest BCUT2D eigenvalue weighted by molar-refractivity contribution is 5.85. The molecule has 0 saturated heterocycles. The van der Waals surface area contributed by atoms with Crippen molar-refractivity contribution in [3.63, 3.8) is 0 Å². The van der Waals surface area contributed by atoms with Crippen LogP contribution >= 0.6 is 12.4 Å². The molecule has 0 bridgehead atoms. The first-order valence-corrected chi connectivity index (χ1v) is 5.85. The Balaban J connectivity index is 0.00000256. The number of nitrogens with two attached hydrogens (primary N) is 1. The number of benzene rings is 1. The maximum absolute atomic E-state index is 11.8. The number of rotatable bonds is 5. The first kappa shape index (κ1) is 16.1. The topological polar surface area (TPSA) is 43.1 Å². The largest absolute Gasteiger partial charge is 0.321 e. The molecular weight excluding hydrogens is 234 g/mol. The third-order valence-corrected chi connectivity index (χ3v) is 2.97. The van der Waals surface area contributed by atoms with Crippen LogP contribution in [0.2, 0.25) is 0 Å². The molecule has 2 N–H and O–H groups in total. The quantitative estimate of drug-likeness (QED) is 0.878. The van der Waals surface area contributed by atoms with Gasteiger partial charge in [-0.3, -0.25) is 4.79 Å². The molecule has 2 nitrogen and oxygen atoms in total. The van der Waals surface area contributed by atoms with E-state index in [0.29, 0.717) is 6.42 Å². The van der Waals surface area contributed by atoms with E-state index in [1.54, 1.807) is 0 Å². The summed E-state index contributed by atoms with van der Waals surface area (Å²) in [4.78, 5) is 11.8. The number of carbonyl (C=O) groups excluding carboxylic acids is 1. The Kier molecular flexibility index (Phi) is 7.09. The first-order chi connectivity index (χ1) is 7.52. The monoisotopic (exact) mass is 255 g/mol. The molecule has 96 valence electrons. The lowest BCUT2D eigenvalue weighted by molar-refractivity contribution is -0.121. The van der Waals surface area contributed by atoms with Gasteiger partial charge in [0, 0.05) is 6.42 Å². The summed E-state index contributed by atoms with van der Waals surface area (Å²) < 4.78 is 0. The molecule has 0 aliphatic rings. The minimum Gasteiger partial charge on any atom is -0.321 e. The van der Waals surface area contributed by atoms with Gasteiger partial charge >= 0.3 is 0 Å². The van der Waals surface area contributed by atoms with E-state index in [9.17, 15) is 4.79 Å². The fourth-order valence-corrected chi connectivity index (χ4v) is 1.71. The zero-order chi connectivity index (χ0) is 12.1. The molecule has 0 heterocycles. The second kappa shape index (κ2) is 7.46. The van der Waals surface area contributed by atoms with E-state index < -0.39 is 0 Å². The van der Waals surface area contributed by atoms with Crippen molar-refractivity contribution in [1.82, 2.24) is 0 Å². The van der Waals surface area contributed by atoms with Gasteiger partial charge in [-0.25, -0.2) is 0 Å². The lowest BCUT2D eigenvalue weighted by atomic mass is 9.90. The second-order valence-corrected chi connectivity index (χ2v) is 4.75. The van der Waals surface area contributed by atoms with Gasteiger partial charge in [0.05, 0.1) is 6.04 Å². The lowest BCUT2D eigenvalue weighted by Crippen LogP contribution is -2.36. The zero-order valence-corrected chi connectivity index (χ0v) is 11.5. The molecule has 3 heteroatoms. The fourth-order valence-electron chi connectivity index (χ4n) is 1.71. The predicted octanol–water partition coefficient (Wildman–Crippen LogP) is 3.15. The third kappa shape index (κ3) is 4.88. The van der Waals surface area contributed by atoms with Crippen molar-refractivity contribution in [3.05, 3.63) is 35.9 Å². The summed E-state index contributed by atoms with van der Waals surface area (Å²) in [6.07, 6.45) is 0.531. The van der Waals surface area contributed by atoms with Crippen LogP contribution in [0.15, 0.2) is 30.3 Å². The van der Waals surface area contributed by atoms with Crippen LogP contribution in [0, 0.1) is 5.92 Å². The molecular formula is C14H22ClNO. The van der Waals surface area contributed by atoms with Crippen LogP contribution in [0.25, 0.3) is 0 Å². The average Bonchev–Trinajstić information content (AvgIpc) is 2.28. The molecule has 17 heavy (non-hydrogen) atoms. The maximum atomic E-state index is 11.8. The lowest BCUT2D eigenvalue weighted by Gasteiger charge is -2.17. The van der Waals surface area contributed by atoms with E-state index in [0.717, 1.165) is 0 Å². The highest BCUT2D eigenvalue weighted by Crippen LogP contribution is 2.20. The molecule has 1 aromatic rings. The van der Waals surface area contributed by atoms with Gasteiger partial charge in [-0.05, 0) is 17.4 Å². The first-order valence-electron chi connectivity index (χ1n) is 5.85. The van der Waals surface area contributed by atoms with Gasteiger partial charge in [0.2, 0.25) is 0 Å². The normalized spacial score (nSPS) is 13.9. The molecule has 0 radical (unpaired) electrons. The van der Waals surface area contributed by atoms with E-state index in [4.69, 9.17) is 5.73 Å². The van der Waals surface area contributed by atoms with Crippen molar-refractivity contribution in [2.24, 2.45) is 11.7 Å². The Morgan fingerprint density at radius 2 is 1.71 bits per heavy atom. The molecule has 0 aromatic heterocycles. The molecule has 0 fully saturated rings. The number of halogens is 1. The molecule has 1 rings (SSSR count). The number of carbonyl (C=O) groups is 1. The predicted molar refractivity (Wildman–Crippen MR) is 74.5 cm³/mol. The zero-order valence-electron chi connectivity index (χ0n) is 10.7. The average molecular weight is 256 g/mol. The summed E-state index contributed by atoms with van der Waals surface area (Å²) in [5.74, 6) is 0.625. The molecule has 0 aliphatic heterocycles. The summed E-state index contributed by atoms with van der Waals surface area (Å²) in [6.45, 7) is 6.03. The maximum Gasteiger partial charge on any atom is 0.150 e. The van der Waals surface area contributed by atoms with Crippen LogP contribution in [-0.2, 0) is 4.79 Å². The number of hydrogen-bond acceptors (Lipinski definition) is 2. The Morgan fingerprint density at radius 3 is 2.18 bits per heavy atom. The smallest absolute Gasteiger partial charge is 0.150 e. The van der Waals surface area contributed by atoms with E-state index in [1.165, 1.54) is 5.56 Å². The summed E-state index contributed by atoms with van der Waals surface area (Å²) >= 11 is 0. The van der Waals surface area contributed by atoms with Crippen molar-refractivity contribution in [3.8, 4) is 0 Å². The summed E-state index contributed by atoms with van der Waals surface area (Å²) in [5.41, 5.74) is 7.04. The molecule has 0 saturated carbocycles. The van der Waals surface area contributed by atoms with E-state index >= 15 is 0 Å². The summed E-state index contributed by atoms with van der Waals surface area (Å²) in [6, 6.07) is 9.76. The molecule has 0 spiro atoms. The fraction of sp³-hybridized carbons (Fsp3) is 0.500.